The SMILES string of the molecule is CC(C)C[C@@H](C(=O)[O-])C(C[N+](C)(C)C)NC(=O)NCCCCCCCc1ccc(-c2ccccc2)cc1. The summed E-state index contributed by atoms with van der Waals surface area (Å²) in [7, 11) is 5.98. The lowest BCUT2D eigenvalue weighted by atomic mass is 9.89. The molecule has 2 rings (SSSR count). The normalized spacial score (nSPS) is 13.2. The van der Waals surface area contributed by atoms with E-state index in [1.54, 1.807) is 0 Å². The third kappa shape index (κ3) is 12.3. The fourth-order valence-electron chi connectivity index (χ4n) is 4.70. The Labute approximate surface area is 224 Å². The minimum atomic E-state index is -1.10. The van der Waals surface area contributed by atoms with Crippen LogP contribution in [0.25, 0.3) is 11.1 Å². The molecule has 0 aliphatic heterocycles. The van der Waals surface area contributed by atoms with E-state index in [1.807, 2.05) is 41.1 Å². The van der Waals surface area contributed by atoms with Crippen LogP contribution in [0.15, 0.2) is 54.6 Å². The molecule has 0 saturated heterocycles. The molecular weight excluding hydrogens is 462 g/mol. The number of urea groups is 1. The van der Waals surface area contributed by atoms with Gasteiger partial charge in [-0.3, -0.25) is 0 Å². The molecule has 204 valence electrons. The van der Waals surface area contributed by atoms with Crippen LogP contribution in [0.3, 0.4) is 0 Å². The van der Waals surface area contributed by atoms with Gasteiger partial charge in [-0.1, -0.05) is 87.7 Å². The molecule has 2 aromatic rings. The van der Waals surface area contributed by atoms with E-state index in [0.29, 0.717) is 24.0 Å². The molecule has 2 atom stereocenters. The van der Waals surface area contributed by atoms with Crippen LogP contribution in [-0.2, 0) is 11.2 Å². The first kappa shape index (κ1) is 30.4. The van der Waals surface area contributed by atoms with Crippen molar-refractivity contribution in [3.8, 4) is 11.1 Å². The summed E-state index contributed by atoms with van der Waals surface area (Å²) < 4.78 is 0.560. The molecule has 0 fully saturated rings. The predicted molar refractivity (Wildman–Crippen MR) is 150 cm³/mol. The number of hydrogen-bond donors (Lipinski definition) is 2. The number of carboxylic acid groups (broad SMARTS) is 1. The van der Waals surface area contributed by atoms with Crippen molar-refractivity contribution in [1.29, 1.82) is 0 Å². The summed E-state index contributed by atoms with van der Waals surface area (Å²) in [6, 6.07) is 18.5. The van der Waals surface area contributed by atoms with Crippen LogP contribution in [0.1, 0.15) is 57.9 Å². The third-order valence-electron chi connectivity index (χ3n) is 6.56. The summed E-state index contributed by atoms with van der Waals surface area (Å²) in [5.41, 5.74) is 3.86. The number of rotatable bonds is 16. The van der Waals surface area contributed by atoms with Crippen LogP contribution < -0.4 is 15.7 Å². The molecular formula is C31H47N3O3. The van der Waals surface area contributed by atoms with Gasteiger partial charge in [0, 0.05) is 18.4 Å². The summed E-state index contributed by atoms with van der Waals surface area (Å²) in [6.45, 7) is 5.08. The number of hydrogen-bond acceptors (Lipinski definition) is 3. The van der Waals surface area contributed by atoms with Gasteiger partial charge in [-0.2, -0.15) is 0 Å². The number of aryl methyl sites for hydroxylation is 1. The van der Waals surface area contributed by atoms with E-state index in [4.69, 9.17) is 0 Å². The van der Waals surface area contributed by atoms with Crippen LogP contribution in [-0.4, -0.2) is 56.8 Å². The van der Waals surface area contributed by atoms with E-state index < -0.39 is 17.9 Å². The van der Waals surface area contributed by atoms with Gasteiger partial charge in [-0.05, 0) is 48.3 Å². The largest absolute Gasteiger partial charge is 0.550 e. The maximum absolute atomic E-state index is 12.5. The summed E-state index contributed by atoms with van der Waals surface area (Å²) in [5.74, 6) is -1.60. The quantitative estimate of drug-likeness (QED) is 0.256. The van der Waals surface area contributed by atoms with Gasteiger partial charge in [0.1, 0.15) is 0 Å². The first-order valence-corrected chi connectivity index (χ1v) is 13.7. The van der Waals surface area contributed by atoms with Crippen molar-refractivity contribution < 1.29 is 19.2 Å². The zero-order chi connectivity index (χ0) is 27.3. The lowest BCUT2D eigenvalue weighted by Gasteiger charge is -2.35. The molecule has 0 heterocycles. The number of amides is 2. The number of carboxylic acids is 1. The number of nitrogens with zero attached hydrogens (tertiary/aromatic N) is 1. The molecule has 2 aromatic carbocycles. The third-order valence-corrected chi connectivity index (χ3v) is 6.56. The molecule has 6 heteroatoms. The highest BCUT2D eigenvalue weighted by molar-refractivity contribution is 5.76. The van der Waals surface area contributed by atoms with E-state index in [9.17, 15) is 14.7 Å². The smallest absolute Gasteiger partial charge is 0.315 e. The van der Waals surface area contributed by atoms with Gasteiger partial charge in [-0.15, -0.1) is 0 Å². The summed E-state index contributed by atoms with van der Waals surface area (Å²) in [4.78, 5) is 24.3. The van der Waals surface area contributed by atoms with Crippen molar-refractivity contribution in [2.75, 3.05) is 34.2 Å². The molecule has 1 unspecified atom stereocenters. The minimum Gasteiger partial charge on any atom is -0.550 e. The van der Waals surface area contributed by atoms with Gasteiger partial charge < -0.3 is 25.0 Å². The number of carbonyl (C=O) groups is 2. The topological polar surface area (TPSA) is 81.3 Å². The highest BCUT2D eigenvalue weighted by atomic mass is 16.4. The standard InChI is InChI=1S/C31H47N3O3/c1-24(2)22-28(30(35)36)29(23-34(3,4)5)33-31(37)32-21-13-8-6-7-10-14-25-17-19-27(20-18-25)26-15-11-9-12-16-26/h9,11-12,15-20,24,28-29H,6-8,10,13-14,21-23H2,1-5H3,(H2-,32,33,35,36,37)/t28-,29?/m1/s1. The van der Waals surface area contributed by atoms with Crippen LogP contribution in [0.4, 0.5) is 4.79 Å². The van der Waals surface area contributed by atoms with Gasteiger partial charge in [0.05, 0.1) is 33.7 Å². The van der Waals surface area contributed by atoms with Crippen LogP contribution in [0.2, 0.25) is 0 Å². The van der Waals surface area contributed by atoms with Crippen molar-refractivity contribution >= 4 is 12.0 Å². The molecule has 2 amide bonds. The highest BCUT2D eigenvalue weighted by Gasteiger charge is 2.30. The van der Waals surface area contributed by atoms with Gasteiger partial charge >= 0.3 is 6.03 Å². The average molecular weight is 510 g/mol. The fourth-order valence-corrected chi connectivity index (χ4v) is 4.70. The molecule has 37 heavy (non-hydrogen) atoms. The highest BCUT2D eigenvalue weighted by Crippen LogP contribution is 2.20. The van der Waals surface area contributed by atoms with E-state index in [1.165, 1.54) is 23.1 Å². The molecule has 0 aliphatic carbocycles. The summed E-state index contributed by atoms with van der Waals surface area (Å²) in [6.07, 6.45) is 6.99. The van der Waals surface area contributed by atoms with Gasteiger partial charge in [0.2, 0.25) is 0 Å². The van der Waals surface area contributed by atoms with Crippen molar-refractivity contribution in [3.63, 3.8) is 0 Å². The number of nitrogens with one attached hydrogen (secondary N) is 2. The monoisotopic (exact) mass is 509 g/mol. The second-order valence-corrected chi connectivity index (χ2v) is 11.6. The Morgan fingerprint density at radius 2 is 1.43 bits per heavy atom. The van der Waals surface area contributed by atoms with E-state index >= 15 is 0 Å². The first-order chi connectivity index (χ1) is 17.5. The Bertz CT molecular complexity index is 936. The Hall–Kier alpha value is -2.86. The molecule has 0 spiro atoms. The number of likely N-dealkylation sites (N-methyl/N-ethyl adjacent to an activating group) is 1. The van der Waals surface area contributed by atoms with E-state index in [2.05, 4.69) is 59.2 Å². The van der Waals surface area contributed by atoms with Crippen molar-refractivity contribution in [2.45, 2.75) is 64.8 Å². The number of quaternary nitrogens is 1. The Balaban J connectivity index is 1.65. The van der Waals surface area contributed by atoms with Gasteiger partial charge in [0.25, 0.3) is 0 Å². The molecule has 0 saturated carbocycles. The Morgan fingerprint density at radius 1 is 0.838 bits per heavy atom. The average Bonchev–Trinajstić information content (AvgIpc) is 2.83. The van der Waals surface area contributed by atoms with Crippen molar-refractivity contribution in [3.05, 3.63) is 60.2 Å². The molecule has 0 aliphatic rings. The van der Waals surface area contributed by atoms with Crippen molar-refractivity contribution in [2.24, 2.45) is 11.8 Å². The van der Waals surface area contributed by atoms with Crippen LogP contribution in [0.5, 0.6) is 0 Å². The number of aliphatic carboxylic acids is 1. The molecule has 2 N–H and O–H groups in total. The van der Waals surface area contributed by atoms with Crippen LogP contribution in [0, 0.1) is 11.8 Å². The minimum absolute atomic E-state index is 0.205. The number of carbonyl (C=O) groups excluding carboxylic acids is 2. The number of benzene rings is 2. The Kier molecular flexibility index (Phi) is 12.6. The number of unbranched alkanes of at least 4 members (excludes halogenated alkanes) is 4. The van der Waals surface area contributed by atoms with E-state index in [0.717, 1.165) is 32.1 Å². The predicted octanol–water partition coefficient (Wildman–Crippen LogP) is 4.63. The van der Waals surface area contributed by atoms with Gasteiger partial charge in [-0.25, -0.2) is 4.79 Å². The summed E-state index contributed by atoms with van der Waals surface area (Å²) in [5, 5.41) is 17.6. The van der Waals surface area contributed by atoms with E-state index in [-0.39, 0.29) is 11.9 Å². The molecule has 6 nitrogen and oxygen atoms in total. The second kappa shape index (κ2) is 15.4. The zero-order valence-electron chi connectivity index (χ0n) is 23.5. The van der Waals surface area contributed by atoms with Gasteiger partial charge in [0.15, 0.2) is 0 Å². The Morgan fingerprint density at radius 3 is 2.03 bits per heavy atom. The maximum atomic E-state index is 12.5. The van der Waals surface area contributed by atoms with Crippen molar-refractivity contribution in [1.82, 2.24) is 10.6 Å². The van der Waals surface area contributed by atoms with Crippen LogP contribution >= 0.6 is 0 Å². The first-order valence-electron chi connectivity index (χ1n) is 13.7. The second-order valence-electron chi connectivity index (χ2n) is 11.6. The molecule has 0 aromatic heterocycles. The maximum Gasteiger partial charge on any atom is 0.315 e. The zero-order valence-corrected chi connectivity index (χ0v) is 23.5. The lowest BCUT2D eigenvalue weighted by Crippen LogP contribution is -2.57. The summed E-state index contributed by atoms with van der Waals surface area (Å²) >= 11 is 0. The fraction of sp³-hybridized carbons (Fsp3) is 0.548. The lowest BCUT2D eigenvalue weighted by molar-refractivity contribution is -0.871. The molecule has 0 radical (unpaired) electrons. The molecule has 0 bridgehead atoms.